The van der Waals surface area contributed by atoms with Crippen molar-refractivity contribution in [3.05, 3.63) is 34.4 Å². The summed E-state index contributed by atoms with van der Waals surface area (Å²) in [5, 5.41) is 13.6. The standard InChI is InChI=1S/C17H29NO2/c1-12(2)20-8-6-7-18-11-16(19)17-14(4)9-13(3)10-15(17)5/h9-10,12,16,18-19H,6-8,11H2,1-5H3. The Hall–Kier alpha value is -0.900. The maximum atomic E-state index is 10.3. The first-order chi connectivity index (χ1) is 9.41. The Morgan fingerprint density at radius 3 is 2.30 bits per heavy atom. The second-order valence-corrected chi connectivity index (χ2v) is 5.81. The molecule has 0 aromatic heterocycles. The number of aliphatic hydroxyl groups is 1. The van der Waals surface area contributed by atoms with Crippen LogP contribution in [0.5, 0.6) is 0 Å². The lowest BCUT2D eigenvalue weighted by atomic mass is 9.95. The minimum atomic E-state index is -0.443. The monoisotopic (exact) mass is 279 g/mol. The summed E-state index contributed by atoms with van der Waals surface area (Å²) in [7, 11) is 0. The Labute approximate surface area is 123 Å². The van der Waals surface area contributed by atoms with E-state index in [2.05, 4.69) is 38.2 Å². The zero-order valence-corrected chi connectivity index (χ0v) is 13.5. The van der Waals surface area contributed by atoms with Crippen LogP contribution in [0.15, 0.2) is 12.1 Å². The van der Waals surface area contributed by atoms with Gasteiger partial charge >= 0.3 is 0 Å². The molecule has 0 bridgehead atoms. The summed E-state index contributed by atoms with van der Waals surface area (Å²) >= 11 is 0. The van der Waals surface area contributed by atoms with E-state index >= 15 is 0 Å². The lowest BCUT2D eigenvalue weighted by Crippen LogP contribution is -2.24. The largest absolute Gasteiger partial charge is 0.387 e. The molecule has 0 saturated carbocycles. The van der Waals surface area contributed by atoms with Gasteiger partial charge in [-0.15, -0.1) is 0 Å². The Balaban J connectivity index is 2.38. The van der Waals surface area contributed by atoms with Crippen LogP contribution in [0.3, 0.4) is 0 Å². The zero-order valence-electron chi connectivity index (χ0n) is 13.5. The molecule has 0 amide bonds. The highest BCUT2D eigenvalue weighted by atomic mass is 16.5. The fourth-order valence-electron chi connectivity index (χ4n) is 2.57. The minimum absolute atomic E-state index is 0.290. The van der Waals surface area contributed by atoms with Crippen molar-refractivity contribution in [2.45, 2.75) is 53.2 Å². The third-order valence-electron chi connectivity index (χ3n) is 3.36. The minimum Gasteiger partial charge on any atom is -0.387 e. The van der Waals surface area contributed by atoms with Gasteiger partial charge in [-0.05, 0) is 64.3 Å². The number of aryl methyl sites for hydroxylation is 3. The Kier molecular flexibility index (Phi) is 7.20. The Morgan fingerprint density at radius 1 is 1.15 bits per heavy atom. The quantitative estimate of drug-likeness (QED) is 0.719. The summed E-state index contributed by atoms with van der Waals surface area (Å²) in [6.07, 6.45) is 0.816. The SMILES string of the molecule is Cc1cc(C)c(C(O)CNCCCOC(C)C)c(C)c1. The molecule has 0 saturated heterocycles. The average molecular weight is 279 g/mol. The Bertz CT molecular complexity index is 392. The van der Waals surface area contributed by atoms with E-state index in [1.54, 1.807) is 0 Å². The molecule has 20 heavy (non-hydrogen) atoms. The van der Waals surface area contributed by atoms with Crippen LogP contribution in [0.25, 0.3) is 0 Å². The number of rotatable bonds is 8. The molecule has 0 radical (unpaired) electrons. The van der Waals surface area contributed by atoms with E-state index in [1.807, 2.05) is 13.8 Å². The van der Waals surface area contributed by atoms with Gasteiger partial charge in [0.05, 0.1) is 12.2 Å². The lowest BCUT2D eigenvalue weighted by Gasteiger charge is -2.18. The smallest absolute Gasteiger partial charge is 0.0919 e. The van der Waals surface area contributed by atoms with E-state index in [1.165, 1.54) is 16.7 Å². The highest BCUT2D eigenvalue weighted by Crippen LogP contribution is 2.23. The number of ether oxygens (including phenoxy) is 1. The molecule has 2 N–H and O–H groups in total. The second kappa shape index (κ2) is 8.40. The second-order valence-electron chi connectivity index (χ2n) is 5.81. The number of hydrogen-bond acceptors (Lipinski definition) is 3. The van der Waals surface area contributed by atoms with Crippen molar-refractivity contribution in [2.24, 2.45) is 0 Å². The molecular formula is C17H29NO2. The van der Waals surface area contributed by atoms with Gasteiger partial charge in [-0.1, -0.05) is 17.7 Å². The molecule has 0 aliphatic carbocycles. The highest BCUT2D eigenvalue weighted by molar-refractivity contribution is 5.39. The van der Waals surface area contributed by atoms with Gasteiger partial charge in [0.2, 0.25) is 0 Å². The molecular weight excluding hydrogens is 250 g/mol. The number of aliphatic hydroxyl groups excluding tert-OH is 1. The lowest BCUT2D eigenvalue weighted by molar-refractivity contribution is 0.0763. The van der Waals surface area contributed by atoms with Crippen molar-refractivity contribution < 1.29 is 9.84 Å². The van der Waals surface area contributed by atoms with Gasteiger partial charge in [-0.25, -0.2) is 0 Å². The molecule has 0 heterocycles. The number of nitrogens with one attached hydrogen (secondary N) is 1. The Morgan fingerprint density at radius 2 is 1.75 bits per heavy atom. The molecule has 0 fully saturated rings. The molecule has 1 aromatic carbocycles. The molecule has 1 unspecified atom stereocenters. The number of benzene rings is 1. The maximum absolute atomic E-state index is 10.3. The van der Waals surface area contributed by atoms with Crippen LogP contribution < -0.4 is 5.32 Å². The molecule has 1 atom stereocenters. The summed E-state index contributed by atoms with van der Waals surface area (Å²) in [6.45, 7) is 12.5. The molecule has 0 spiro atoms. The molecule has 1 aromatic rings. The first kappa shape index (κ1) is 17.2. The normalized spacial score (nSPS) is 12.9. The summed E-state index contributed by atoms with van der Waals surface area (Å²) < 4.78 is 5.48. The summed E-state index contributed by atoms with van der Waals surface area (Å²) in [5.74, 6) is 0. The van der Waals surface area contributed by atoms with E-state index in [4.69, 9.17) is 4.74 Å². The van der Waals surface area contributed by atoms with Crippen LogP contribution in [0, 0.1) is 20.8 Å². The maximum Gasteiger partial charge on any atom is 0.0919 e. The highest BCUT2D eigenvalue weighted by Gasteiger charge is 2.13. The van der Waals surface area contributed by atoms with E-state index in [9.17, 15) is 5.11 Å². The molecule has 1 rings (SSSR count). The number of hydrogen-bond donors (Lipinski definition) is 2. The summed E-state index contributed by atoms with van der Waals surface area (Å²) in [6, 6.07) is 4.25. The fourth-order valence-corrected chi connectivity index (χ4v) is 2.57. The van der Waals surface area contributed by atoms with Crippen molar-refractivity contribution in [1.82, 2.24) is 5.32 Å². The van der Waals surface area contributed by atoms with Crippen molar-refractivity contribution in [3.63, 3.8) is 0 Å². The van der Waals surface area contributed by atoms with E-state index in [-0.39, 0.29) is 0 Å². The van der Waals surface area contributed by atoms with Gasteiger partial charge < -0.3 is 15.2 Å². The van der Waals surface area contributed by atoms with Gasteiger partial charge in [0.25, 0.3) is 0 Å². The van der Waals surface area contributed by atoms with E-state index < -0.39 is 6.10 Å². The first-order valence-corrected chi connectivity index (χ1v) is 7.50. The van der Waals surface area contributed by atoms with Crippen LogP contribution in [0.4, 0.5) is 0 Å². The van der Waals surface area contributed by atoms with Gasteiger partial charge in [0, 0.05) is 13.2 Å². The zero-order chi connectivity index (χ0) is 15.1. The van der Waals surface area contributed by atoms with E-state index in [0.29, 0.717) is 12.6 Å². The van der Waals surface area contributed by atoms with Gasteiger partial charge in [-0.2, -0.15) is 0 Å². The van der Waals surface area contributed by atoms with E-state index in [0.717, 1.165) is 25.1 Å². The van der Waals surface area contributed by atoms with Crippen LogP contribution in [0.1, 0.15) is 48.6 Å². The molecule has 114 valence electrons. The van der Waals surface area contributed by atoms with Crippen molar-refractivity contribution in [1.29, 1.82) is 0 Å². The van der Waals surface area contributed by atoms with Crippen LogP contribution in [-0.4, -0.2) is 30.9 Å². The molecule has 3 nitrogen and oxygen atoms in total. The predicted octanol–water partition coefficient (Wildman–Crippen LogP) is 3.05. The third kappa shape index (κ3) is 5.61. The van der Waals surface area contributed by atoms with Gasteiger partial charge in [-0.3, -0.25) is 0 Å². The molecule has 0 aliphatic rings. The van der Waals surface area contributed by atoms with Crippen LogP contribution >= 0.6 is 0 Å². The van der Waals surface area contributed by atoms with Crippen molar-refractivity contribution in [2.75, 3.05) is 19.7 Å². The van der Waals surface area contributed by atoms with Crippen LogP contribution in [0.2, 0.25) is 0 Å². The predicted molar refractivity (Wildman–Crippen MR) is 84.2 cm³/mol. The van der Waals surface area contributed by atoms with Crippen molar-refractivity contribution >= 4 is 0 Å². The van der Waals surface area contributed by atoms with Crippen molar-refractivity contribution in [3.8, 4) is 0 Å². The average Bonchev–Trinajstić information content (AvgIpc) is 2.31. The summed E-state index contributed by atoms with van der Waals surface area (Å²) in [4.78, 5) is 0. The van der Waals surface area contributed by atoms with Crippen LogP contribution in [-0.2, 0) is 4.74 Å². The molecule has 0 aliphatic heterocycles. The van der Waals surface area contributed by atoms with Gasteiger partial charge in [0.15, 0.2) is 0 Å². The first-order valence-electron chi connectivity index (χ1n) is 7.50. The summed E-state index contributed by atoms with van der Waals surface area (Å²) in [5.41, 5.74) is 4.64. The van der Waals surface area contributed by atoms with Gasteiger partial charge in [0.1, 0.15) is 0 Å². The third-order valence-corrected chi connectivity index (χ3v) is 3.36. The molecule has 3 heteroatoms. The topological polar surface area (TPSA) is 41.5 Å². The fraction of sp³-hybridized carbons (Fsp3) is 0.647.